The van der Waals surface area contributed by atoms with Crippen molar-refractivity contribution in [3.8, 4) is 17.1 Å². The Morgan fingerprint density at radius 2 is 1.42 bits per heavy atom. The molecule has 158 valence electrons. The highest BCUT2D eigenvalue weighted by Gasteiger charge is 2.19. The first-order chi connectivity index (χ1) is 16.2. The molecule has 0 spiro atoms. The number of phenolic OH excluding ortho intramolecular Hbond substituents is 1. The van der Waals surface area contributed by atoms with Gasteiger partial charge >= 0.3 is 0 Å². The number of rotatable bonds is 4. The molecule has 0 aliphatic rings. The Morgan fingerprint density at radius 1 is 0.758 bits per heavy atom. The van der Waals surface area contributed by atoms with Crippen LogP contribution in [0.15, 0.2) is 97.1 Å². The second-order valence-corrected chi connectivity index (χ2v) is 8.17. The van der Waals surface area contributed by atoms with Crippen molar-refractivity contribution < 1.29 is 9.90 Å². The third-order valence-electron chi connectivity index (χ3n) is 6.29. The van der Waals surface area contributed by atoms with Gasteiger partial charge in [-0.2, -0.15) is 0 Å². The van der Waals surface area contributed by atoms with Gasteiger partial charge in [0.15, 0.2) is 6.29 Å². The fourth-order valence-corrected chi connectivity index (χ4v) is 4.71. The summed E-state index contributed by atoms with van der Waals surface area (Å²) in [4.78, 5) is 17.1. The summed E-state index contributed by atoms with van der Waals surface area (Å²) < 4.78 is 2.09. The van der Waals surface area contributed by atoms with E-state index < -0.39 is 0 Å². The Labute approximate surface area is 190 Å². The number of aromatic nitrogens is 2. The smallest absolute Gasteiger partial charge is 0.151 e. The van der Waals surface area contributed by atoms with Gasteiger partial charge in [0.25, 0.3) is 0 Å². The van der Waals surface area contributed by atoms with Crippen LogP contribution in [-0.2, 0) is 6.54 Å². The number of carbonyl (C=O) groups is 1. The van der Waals surface area contributed by atoms with Crippen molar-refractivity contribution in [2.24, 2.45) is 0 Å². The van der Waals surface area contributed by atoms with E-state index in [2.05, 4.69) is 4.57 Å². The molecule has 1 N–H and O–H groups in total. The Morgan fingerprint density at radius 3 is 2.24 bits per heavy atom. The molecule has 0 bridgehead atoms. The average Bonchev–Trinajstić information content (AvgIpc) is 3.21. The lowest BCUT2D eigenvalue weighted by molar-refractivity contribution is 0.112. The molecule has 0 fully saturated rings. The molecule has 0 amide bonds. The summed E-state index contributed by atoms with van der Waals surface area (Å²) in [6.45, 7) is 0.456. The van der Waals surface area contributed by atoms with Crippen LogP contribution in [0, 0.1) is 0 Å². The van der Waals surface area contributed by atoms with Crippen molar-refractivity contribution in [3.05, 3.63) is 108 Å². The lowest BCUT2D eigenvalue weighted by Gasteiger charge is -2.15. The normalized spacial score (nSPS) is 11.4. The highest BCUT2D eigenvalue weighted by molar-refractivity contribution is 6.01. The quantitative estimate of drug-likeness (QED) is 0.323. The molecule has 6 rings (SSSR count). The van der Waals surface area contributed by atoms with Crippen molar-refractivity contribution in [1.29, 1.82) is 0 Å². The lowest BCUT2D eigenvalue weighted by Crippen LogP contribution is -2.06. The predicted octanol–water partition coefficient (Wildman–Crippen LogP) is 6.58. The summed E-state index contributed by atoms with van der Waals surface area (Å²) in [5.74, 6) is 0.856. The van der Waals surface area contributed by atoms with E-state index in [0.717, 1.165) is 44.4 Å². The first-order valence-corrected chi connectivity index (χ1v) is 10.9. The number of benzene rings is 5. The number of hydrogen-bond acceptors (Lipinski definition) is 3. The number of para-hydroxylation sites is 2. The zero-order valence-corrected chi connectivity index (χ0v) is 17.8. The van der Waals surface area contributed by atoms with Gasteiger partial charge in [-0.15, -0.1) is 0 Å². The van der Waals surface area contributed by atoms with Crippen LogP contribution in [0.1, 0.15) is 15.9 Å². The van der Waals surface area contributed by atoms with Gasteiger partial charge in [-0.3, -0.25) is 4.79 Å². The molecule has 0 saturated carbocycles. The number of phenols is 1. The molecule has 0 unspecified atom stereocenters. The molecule has 0 aliphatic carbocycles. The summed E-state index contributed by atoms with van der Waals surface area (Å²) in [5, 5.41) is 14.8. The Hall–Kier alpha value is -4.44. The van der Waals surface area contributed by atoms with Crippen LogP contribution in [0.4, 0.5) is 0 Å². The monoisotopic (exact) mass is 428 g/mol. The van der Waals surface area contributed by atoms with Gasteiger partial charge < -0.3 is 9.67 Å². The first kappa shape index (κ1) is 19.3. The fourth-order valence-electron chi connectivity index (χ4n) is 4.71. The van der Waals surface area contributed by atoms with E-state index in [-0.39, 0.29) is 5.75 Å². The highest BCUT2D eigenvalue weighted by Crippen LogP contribution is 2.38. The second-order valence-electron chi connectivity index (χ2n) is 8.17. The average molecular weight is 428 g/mol. The maximum Gasteiger partial charge on any atom is 0.151 e. The van der Waals surface area contributed by atoms with Crippen molar-refractivity contribution in [3.63, 3.8) is 0 Å². The second kappa shape index (κ2) is 7.61. The van der Waals surface area contributed by atoms with E-state index in [0.29, 0.717) is 23.5 Å². The minimum absolute atomic E-state index is 0.180. The standard InChI is InChI=1S/C29H20N2O2/c32-18-24-21(14-13-19-7-1-3-9-22(19)24)17-31-26-12-6-5-11-25(26)30-29(31)28-23-10-4-2-8-20(23)15-16-27(28)33/h1-16,18,33H,17H2. The number of aromatic hydroxyl groups is 1. The summed E-state index contributed by atoms with van der Waals surface area (Å²) in [7, 11) is 0. The van der Waals surface area contributed by atoms with Gasteiger partial charge in [-0.1, -0.05) is 78.9 Å². The molecule has 33 heavy (non-hydrogen) atoms. The Kier molecular flexibility index (Phi) is 4.44. The van der Waals surface area contributed by atoms with Crippen molar-refractivity contribution >= 4 is 38.9 Å². The maximum atomic E-state index is 12.2. The molecule has 5 aromatic carbocycles. The number of aldehydes is 1. The van der Waals surface area contributed by atoms with E-state index in [1.54, 1.807) is 6.07 Å². The lowest BCUT2D eigenvalue weighted by atomic mass is 9.99. The number of carbonyl (C=O) groups excluding carboxylic acids is 1. The summed E-state index contributed by atoms with van der Waals surface area (Å²) in [6, 6.07) is 31.5. The van der Waals surface area contributed by atoms with E-state index >= 15 is 0 Å². The van der Waals surface area contributed by atoms with Crippen LogP contribution in [-0.4, -0.2) is 20.9 Å². The van der Waals surface area contributed by atoms with Crippen molar-refractivity contribution in [2.75, 3.05) is 0 Å². The van der Waals surface area contributed by atoms with Crippen LogP contribution in [0.25, 0.3) is 44.0 Å². The number of nitrogens with zero attached hydrogens (tertiary/aromatic N) is 2. The molecule has 0 radical (unpaired) electrons. The molecular formula is C29H20N2O2. The molecule has 1 aromatic heterocycles. The van der Waals surface area contributed by atoms with E-state index in [4.69, 9.17) is 4.98 Å². The number of hydrogen-bond donors (Lipinski definition) is 1. The van der Waals surface area contributed by atoms with Crippen molar-refractivity contribution in [2.45, 2.75) is 6.54 Å². The Bertz CT molecular complexity index is 1680. The van der Waals surface area contributed by atoms with Crippen LogP contribution in [0.5, 0.6) is 5.75 Å². The van der Waals surface area contributed by atoms with E-state index in [1.807, 2.05) is 91.0 Å². The van der Waals surface area contributed by atoms with Crippen LogP contribution >= 0.6 is 0 Å². The van der Waals surface area contributed by atoms with Gasteiger partial charge in [0.2, 0.25) is 0 Å². The molecular weight excluding hydrogens is 408 g/mol. The maximum absolute atomic E-state index is 12.2. The molecule has 4 nitrogen and oxygen atoms in total. The van der Waals surface area contributed by atoms with Crippen LogP contribution in [0.3, 0.4) is 0 Å². The largest absolute Gasteiger partial charge is 0.507 e. The predicted molar refractivity (Wildman–Crippen MR) is 133 cm³/mol. The van der Waals surface area contributed by atoms with E-state index in [1.165, 1.54) is 0 Å². The SMILES string of the molecule is O=Cc1c(Cn2c(-c3c(O)ccc4ccccc34)nc3ccccc32)ccc2ccccc12. The van der Waals surface area contributed by atoms with Gasteiger partial charge in [0.1, 0.15) is 11.6 Å². The minimum atomic E-state index is 0.180. The zero-order chi connectivity index (χ0) is 22.4. The molecule has 0 saturated heterocycles. The molecule has 6 aromatic rings. The van der Waals surface area contributed by atoms with Crippen molar-refractivity contribution in [1.82, 2.24) is 9.55 Å². The zero-order valence-electron chi connectivity index (χ0n) is 17.8. The molecule has 0 atom stereocenters. The number of imidazole rings is 1. The van der Waals surface area contributed by atoms with Crippen LogP contribution < -0.4 is 0 Å². The fraction of sp³-hybridized carbons (Fsp3) is 0.0345. The third kappa shape index (κ3) is 3.07. The first-order valence-electron chi connectivity index (χ1n) is 10.9. The molecule has 4 heteroatoms. The number of fused-ring (bicyclic) bond motifs is 3. The summed E-state index contributed by atoms with van der Waals surface area (Å²) in [6.07, 6.45) is 0.936. The molecule has 0 aliphatic heterocycles. The topological polar surface area (TPSA) is 55.1 Å². The Balaban J connectivity index is 1.63. The highest BCUT2D eigenvalue weighted by atomic mass is 16.3. The van der Waals surface area contributed by atoms with Crippen LogP contribution in [0.2, 0.25) is 0 Å². The van der Waals surface area contributed by atoms with Gasteiger partial charge in [0, 0.05) is 5.56 Å². The third-order valence-corrected chi connectivity index (χ3v) is 6.29. The minimum Gasteiger partial charge on any atom is -0.507 e. The molecule has 1 heterocycles. The van der Waals surface area contributed by atoms with E-state index in [9.17, 15) is 9.90 Å². The van der Waals surface area contributed by atoms with Gasteiger partial charge in [-0.25, -0.2) is 4.98 Å². The summed E-state index contributed by atoms with van der Waals surface area (Å²) in [5.41, 5.74) is 4.07. The summed E-state index contributed by atoms with van der Waals surface area (Å²) >= 11 is 0. The van der Waals surface area contributed by atoms with Gasteiger partial charge in [-0.05, 0) is 45.3 Å². The van der Waals surface area contributed by atoms with Gasteiger partial charge in [0.05, 0.1) is 23.1 Å².